The summed E-state index contributed by atoms with van der Waals surface area (Å²) in [5.74, 6) is 1.06. The van der Waals surface area contributed by atoms with Gasteiger partial charge in [-0.25, -0.2) is 0 Å². The molecule has 23 heavy (non-hydrogen) atoms. The molecule has 0 aliphatic carbocycles. The van der Waals surface area contributed by atoms with Crippen molar-refractivity contribution >= 4 is 11.8 Å². The normalized spacial score (nSPS) is 15.2. The Morgan fingerprint density at radius 3 is 2.26 bits per heavy atom. The van der Waals surface area contributed by atoms with Crippen molar-refractivity contribution < 1.29 is 19.1 Å². The lowest BCUT2D eigenvalue weighted by Gasteiger charge is -2.30. The highest BCUT2D eigenvalue weighted by atomic mass is 16.5. The quantitative estimate of drug-likeness (QED) is 0.896. The number of carbonyl (C=O) groups excluding carboxylic acids is 2. The highest BCUT2D eigenvalue weighted by molar-refractivity contribution is 6.01. The first kappa shape index (κ1) is 17.1. The number of nitrogens with one attached hydrogen (secondary N) is 1. The van der Waals surface area contributed by atoms with Gasteiger partial charge in [-0.05, 0) is 30.9 Å². The third-order valence-corrected chi connectivity index (χ3v) is 4.19. The van der Waals surface area contributed by atoms with E-state index < -0.39 is 0 Å². The highest BCUT2D eigenvalue weighted by Gasteiger charge is 2.22. The van der Waals surface area contributed by atoms with Crippen molar-refractivity contribution in [2.45, 2.75) is 19.8 Å². The summed E-state index contributed by atoms with van der Waals surface area (Å²) in [4.78, 5) is 26.4. The average molecular weight is 320 g/mol. The smallest absolute Gasteiger partial charge is 0.259 e. The summed E-state index contributed by atoms with van der Waals surface area (Å²) >= 11 is 0. The van der Waals surface area contributed by atoms with E-state index in [1.165, 1.54) is 14.2 Å². The molecule has 1 saturated heterocycles. The Morgan fingerprint density at radius 2 is 1.74 bits per heavy atom. The van der Waals surface area contributed by atoms with Gasteiger partial charge in [-0.1, -0.05) is 13.0 Å². The number of nitrogens with zero attached hydrogens (tertiary/aromatic N) is 1. The standard InChI is InChI=1S/C17H24N2O4/c1-12-7-9-19(10-8-12)15(20)11-18-17(21)16-13(22-2)5-4-6-14(16)23-3/h4-6,12H,7-11H2,1-3H3,(H,18,21). The summed E-state index contributed by atoms with van der Waals surface area (Å²) in [6.07, 6.45) is 2.03. The fraction of sp³-hybridized carbons (Fsp3) is 0.529. The minimum atomic E-state index is -0.377. The molecule has 6 heteroatoms. The number of carbonyl (C=O) groups is 2. The first-order chi connectivity index (χ1) is 11.1. The van der Waals surface area contributed by atoms with E-state index in [1.54, 1.807) is 23.1 Å². The molecule has 0 aromatic heterocycles. The minimum absolute atomic E-state index is 0.0194. The molecule has 1 heterocycles. The van der Waals surface area contributed by atoms with Gasteiger partial charge in [-0.2, -0.15) is 0 Å². The average Bonchev–Trinajstić information content (AvgIpc) is 2.59. The number of rotatable bonds is 5. The maximum atomic E-state index is 12.4. The van der Waals surface area contributed by atoms with Crippen LogP contribution in [0.25, 0.3) is 0 Å². The van der Waals surface area contributed by atoms with E-state index in [0.29, 0.717) is 23.0 Å². The summed E-state index contributed by atoms with van der Waals surface area (Å²) in [5, 5.41) is 2.67. The van der Waals surface area contributed by atoms with E-state index in [0.717, 1.165) is 25.9 Å². The van der Waals surface area contributed by atoms with Crippen molar-refractivity contribution in [3.05, 3.63) is 23.8 Å². The van der Waals surface area contributed by atoms with Gasteiger partial charge in [0.05, 0.1) is 20.8 Å². The van der Waals surface area contributed by atoms with Crippen LogP contribution in [0.3, 0.4) is 0 Å². The predicted molar refractivity (Wildman–Crippen MR) is 86.9 cm³/mol. The number of hydrogen-bond donors (Lipinski definition) is 1. The maximum absolute atomic E-state index is 12.4. The van der Waals surface area contributed by atoms with Crippen molar-refractivity contribution in [3.8, 4) is 11.5 Å². The zero-order valence-electron chi connectivity index (χ0n) is 13.9. The summed E-state index contributed by atoms with van der Waals surface area (Å²) in [6, 6.07) is 5.12. The molecule has 0 atom stereocenters. The van der Waals surface area contributed by atoms with E-state index in [2.05, 4.69) is 12.2 Å². The second kappa shape index (κ2) is 7.85. The summed E-state index contributed by atoms with van der Waals surface area (Å²) < 4.78 is 10.4. The van der Waals surface area contributed by atoms with Gasteiger partial charge in [0.25, 0.3) is 5.91 Å². The Labute approximate surface area is 136 Å². The van der Waals surface area contributed by atoms with Crippen molar-refractivity contribution in [1.29, 1.82) is 0 Å². The summed E-state index contributed by atoms with van der Waals surface area (Å²) in [6.45, 7) is 3.69. The Bertz CT molecular complexity index is 543. The lowest BCUT2D eigenvalue weighted by atomic mass is 9.99. The summed E-state index contributed by atoms with van der Waals surface area (Å²) in [7, 11) is 2.98. The van der Waals surface area contributed by atoms with E-state index in [9.17, 15) is 9.59 Å². The molecular weight excluding hydrogens is 296 g/mol. The molecule has 0 radical (unpaired) electrons. The van der Waals surface area contributed by atoms with Crippen LogP contribution in [-0.4, -0.2) is 50.6 Å². The van der Waals surface area contributed by atoms with Crippen molar-refractivity contribution in [1.82, 2.24) is 10.2 Å². The van der Waals surface area contributed by atoms with Gasteiger partial charge < -0.3 is 19.7 Å². The van der Waals surface area contributed by atoms with E-state index in [4.69, 9.17) is 9.47 Å². The number of benzene rings is 1. The van der Waals surface area contributed by atoms with E-state index >= 15 is 0 Å². The Kier molecular flexibility index (Phi) is 5.84. The zero-order chi connectivity index (χ0) is 16.8. The third-order valence-electron chi connectivity index (χ3n) is 4.19. The number of ether oxygens (including phenoxy) is 2. The molecule has 1 N–H and O–H groups in total. The van der Waals surface area contributed by atoms with Crippen molar-refractivity contribution in [3.63, 3.8) is 0 Å². The Balaban J connectivity index is 1.98. The van der Waals surface area contributed by atoms with Crippen LogP contribution in [0.4, 0.5) is 0 Å². The molecule has 6 nitrogen and oxygen atoms in total. The monoisotopic (exact) mass is 320 g/mol. The zero-order valence-corrected chi connectivity index (χ0v) is 13.9. The maximum Gasteiger partial charge on any atom is 0.259 e. The summed E-state index contributed by atoms with van der Waals surface area (Å²) in [5.41, 5.74) is 0.303. The van der Waals surface area contributed by atoms with E-state index in [-0.39, 0.29) is 18.4 Å². The Morgan fingerprint density at radius 1 is 1.17 bits per heavy atom. The van der Waals surface area contributed by atoms with Crippen LogP contribution in [0.15, 0.2) is 18.2 Å². The van der Waals surface area contributed by atoms with Gasteiger partial charge in [0.2, 0.25) is 5.91 Å². The van der Waals surface area contributed by atoms with Gasteiger partial charge in [0.1, 0.15) is 17.1 Å². The van der Waals surface area contributed by atoms with Crippen LogP contribution in [0.5, 0.6) is 11.5 Å². The lowest BCUT2D eigenvalue weighted by Crippen LogP contribution is -2.43. The molecule has 1 aliphatic rings. The van der Waals surface area contributed by atoms with Crippen LogP contribution >= 0.6 is 0 Å². The molecule has 126 valence electrons. The number of amides is 2. The topological polar surface area (TPSA) is 67.9 Å². The minimum Gasteiger partial charge on any atom is -0.496 e. The van der Waals surface area contributed by atoms with Gasteiger partial charge in [0, 0.05) is 13.1 Å². The first-order valence-corrected chi connectivity index (χ1v) is 7.83. The van der Waals surface area contributed by atoms with Crippen molar-refractivity contribution in [2.24, 2.45) is 5.92 Å². The molecule has 0 bridgehead atoms. The van der Waals surface area contributed by atoms with Gasteiger partial charge in [0.15, 0.2) is 0 Å². The SMILES string of the molecule is COc1cccc(OC)c1C(=O)NCC(=O)N1CCC(C)CC1. The molecule has 1 fully saturated rings. The first-order valence-electron chi connectivity index (χ1n) is 7.83. The highest BCUT2D eigenvalue weighted by Crippen LogP contribution is 2.27. The van der Waals surface area contributed by atoms with Crippen LogP contribution in [0, 0.1) is 5.92 Å². The molecule has 2 amide bonds. The molecule has 0 unspecified atom stereocenters. The largest absolute Gasteiger partial charge is 0.496 e. The fourth-order valence-corrected chi connectivity index (χ4v) is 2.69. The molecule has 0 spiro atoms. The van der Waals surface area contributed by atoms with Gasteiger partial charge in [-0.3, -0.25) is 9.59 Å². The second-order valence-corrected chi connectivity index (χ2v) is 5.78. The number of piperidine rings is 1. The van der Waals surface area contributed by atoms with Crippen molar-refractivity contribution in [2.75, 3.05) is 33.9 Å². The fourth-order valence-electron chi connectivity index (χ4n) is 2.69. The number of methoxy groups -OCH3 is 2. The van der Waals surface area contributed by atoms with Crippen LogP contribution in [-0.2, 0) is 4.79 Å². The third kappa shape index (κ3) is 4.15. The molecule has 1 aromatic rings. The molecular formula is C17H24N2O4. The predicted octanol–water partition coefficient (Wildman–Crippen LogP) is 1.69. The van der Waals surface area contributed by atoms with Gasteiger partial charge >= 0.3 is 0 Å². The molecule has 2 rings (SSSR count). The lowest BCUT2D eigenvalue weighted by molar-refractivity contribution is -0.131. The van der Waals surface area contributed by atoms with Crippen LogP contribution in [0.1, 0.15) is 30.1 Å². The van der Waals surface area contributed by atoms with Gasteiger partial charge in [-0.15, -0.1) is 0 Å². The van der Waals surface area contributed by atoms with Crippen LogP contribution < -0.4 is 14.8 Å². The number of hydrogen-bond acceptors (Lipinski definition) is 4. The Hall–Kier alpha value is -2.24. The molecule has 0 saturated carbocycles. The number of likely N-dealkylation sites (tertiary alicyclic amines) is 1. The second-order valence-electron chi connectivity index (χ2n) is 5.78. The molecule has 1 aliphatic heterocycles. The van der Waals surface area contributed by atoms with Crippen LogP contribution in [0.2, 0.25) is 0 Å². The van der Waals surface area contributed by atoms with E-state index in [1.807, 2.05) is 0 Å². The molecule has 1 aromatic carbocycles.